The van der Waals surface area contributed by atoms with E-state index in [1.807, 2.05) is 6.07 Å². The Kier molecular flexibility index (Phi) is 5.67. The molecule has 0 bridgehead atoms. The molecule has 1 aromatic rings. The molecule has 0 aromatic heterocycles. The first-order valence-electron chi connectivity index (χ1n) is 3.03. The maximum absolute atomic E-state index is 8.64. The quantitative estimate of drug-likeness (QED) is 0.494. The van der Waals surface area contributed by atoms with Crippen molar-refractivity contribution in [3.63, 3.8) is 0 Å². The van der Waals surface area contributed by atoms with Gasteiger partial charge in [-0.05, 0) is 12.1 Å². The molecule has 0 unspecified atom stereocenters. The average molecular weight is 170 g/mol. The number of benzene rings is 1. The summed E-state index contributed by atoms with van der Waals surface area (Å²) in [6.07, 6.45) is 0. The van der Waals surface area contributed by atoms with Crippen LogP contribution in [0.4, 0.5) is 0 Å². The predicted molar refractivity (Wildman–Crippen MR) is 48.7 cm³/mol. The molecule has 0 aliphatic rings. The molecular formula is C8H11O2P. The van der Waals surface area contributed by atoms with E-state index in [0.29, 0.717) is 5.30 Å². The van der Waals surface area contributed by atoms with E-state index >= 15 is 0 Å². The first-order valence-corrected chi connectivity index (χ1v) is 4.28. The van der Waals surface area contributed by atoms with Crippen molar-refractivity contribution in [3.05, 3.63) is 43.5 Å². The summed E-state index contributed by atoms with van der Waals surface area (Å²) < 4.78 is 0. The van der Waals surface area contributed by atoms with Crippen molar-refractivity contribution in [2.45, 2.75) is 0 Å². The van der Waals surface area contributed by atoms with Crippen LogP contribution in [0.25, 0.3) is 0 Å². The fraction of sp³-hybridized carbons (Fsp3) is 0. The molecule has 60 valence electrons. The van der Waals surface area contributed by atoms with Gasteiger partial charge in [0.15, 0.2) is 8.38 Å². The van der Waals surface area contributed by atoms with Crippen LogP contribution < -0.4 is 5.30 Å². The zero-order chi connectivity index (χ0) is 8.69. The van der Waals surface area contributed by atoms with Crippen LogP contribution in [0.15, 0.2) is 43.5 Å². The van der Waals surface area contributed by atoms with Gasteiger partial charge in [0.25, 0.3) is 0 Å². The highest BCUT2D eigenvalue weighted by Crippen LogP contribution is 2.20. The Bertz CT molecular complexity index is 187. The van der Waals surface area contributed by atoms with E-state index in [0.717, 1.165) is 0 Å². The van der Waals surface area contributed by atoms with Crippen LogP contribution >= 0.6 is 8.38 Å². The Labute approximate surface area is 67.7 Å². The minimum atomic E-state index is -1.90. The summed E-state index contributed by atoms with van der Waals surface area (Å²) in [6, 6.07) is 8.76. The molecule has 0 aliphatic heterocycles. The van der Waals surface area contributed by atoms with E-state index in [1.165, 1.54) is 0 Å². The van der Waals surface area contributed by atoms with Crippen LogP contribution in [0.2, 0.25) is 0 Å². The Morgan fingerprint density at radius 3 is 1.73 bits per heavy atom. The molecule has 2 nitrogen and oxygen atoms in total. The fourth-order valence-corrected chi connectivity index (χ4v) is 1.00. The second kappa shape index (κ2) is 6.05. The van der Waals surface area contributed by atoms with E-state index in [4.69, 9.17) is 9.79 Å². The molecule has 0 spiro atoms. The molecule has 1 aromatic carbocycles. The van der Waals surface area contributed by atoms with Gasteiger partial charge in [0.05, 0.1) is 0 Å². The van der Waals surface area contributed by atoms with Crippen molar-refractivity contribution >= 4 is 13.7 Å². The molecule has 0 aliphatic carbocycles. The van der Waals surface area contributed by atoms with Crippen molar-refractivity contribution in [1.82, 2.24) is 0 Å². The first-order chi connectivity index (χ1) is 5.30. The third kappa shape index (κ3) is 3.89. The third-order valence-corrected chi connectivity index (χ3v) is 1.75. The molecule has 0 heterocycles. The van der Waals surface area contributed by atoms with Gasteiger partial charge in [-0.25, -0.2) is 0 Å². The molecule has 1 rings (SSSR count). The highest BCUT2D eigenvalue weighted by molar-refractivity contribution is 7.53. The summed E-state index contributed by atoms with van der Waals surface area (Å²) >= 11 is 0. The highest BCUT2D eigenvalue weighted by atomic mass is 31.2. The summed E-state index contributed by atoms with van der Waals surface area (Å²) in [6.45, 7) is 6.00. The van der Waals surface area contributed by atoms with Gasteiger partial charge in [-0.1, -0.05) is 18.2 Å². The highest BCUT2D eigenvalue weighted by Gasteiger charge is 1.98. The van der Waals surface area contributed by atoms with E-state index < -0.39 is 8.38 Å². The lowest BCUT2D eigenvalue weighted by molar-refractivity contribution is 0.497. The smallest absolute Gasteiger partial charge is 0.199 e. The van der Waals surface area contributed by atoms with Crippen LogP contribution in [0.1, 0.15) is 0 Å². The third-order valence-electron chi connectivity index (χ3n) is 0.987. The summed E-state index contributed by atoms with van der Waals surface area (Å²) in [5.41, 5.74) is 0. The van der Waals surface area contributed by atoms with Gasteiger partial charge in [0.2, 0.25) is 0 Å². The zero-order valence-electron chi connectivity index (χ0n) is 6.14. The van der Waals surface area contributed by atoms with Crippen molar-refractivity contribution < 1.29 is 9.79 Å². The molecule has 11 heavy (non-hydrogen) atoms. The zero-order valence-corrected chi connectivity index (χ0v) is 7.04. The van der Waals surface area contributed by atoms with Crippen LogP contribution in [-0.4, -0.2) is 9.79 Å². The van der Waals surface area contributed by atoms with Crippen molar-refractivity contribution in [1.29, 1.82) is 0 Å². The molecule has 0 amide bonds. The van der Waals surface area contributed by atoms with Gasteiger partial charge in [-0.2, -0.15) is 0 Å². The monoisotopic (exact) mass is 170 g/mol. The molecule has 2 N–H and O–H groups in total. The van der Waals surface area contributed by atoms with Crippen molar-refractivity contribution in [3.8, 4) is 0 Å². The number of hydrogen-bond donors (Lipinski definition) is 2. The second-order valence-corrected chi connectivity index (χ2v) is 2.72. The van der Waals surface area contributed by atoms with Gasteiger partial charge >= 0.3 is 0 Å². The molecule has 0 saturated carbocycles. The van der Waals surface area contributed by atoms with Crippen LogP contribution in [0.5, 0.6) is 0 Å². The summed E-state index contributed by atoms with van der Waals surface area (Å²) in [5.74, 6) is 0. The number of rotatable bonds is 1. The van der Waals surface area contributed by atoms with E-state index in [9.17, 15) is 0 Å². The van der Waals surface area contributed by atoms with Gasteiger partial charge in [0.1, 0.15) is 0 Å². The maximum atomic E-state index is 8.64. The molecular weight excluding hydrogens is 159 g/mol. The molecule has 3 heteroatoms. The lowest BCUT2D eigenvalue weighted by Crippen LogP contribution is -1.96. The lowest BCUT2D eigenvalue weighted by Gasteiger charge is -1.98. The Balaban J connectivity index is 0.000000461. The fourth-order valence-electron chi connectivity index (χ4n) is 0.561. The van der Waals surface area contributed by atoms with Crippen molar-refractivity contribution in [2.24, 2.45) is 0 Å². The van der Waals surface area contributed by atoms with Crippen LogP contribution in [0.3, 0.4) is 0 Å². The van der Waals surface area contributed by atoms with Crippen LogP contribution in [-0.2, 0) is 0 Å². The summed E-state index contributed by atoms with van der Waals surface area (Å²) in [5, 5.41) is 0.590. The van der Waals surface area contributed by atoms with Gasteiger partial charge < -0.3 is 9.79 Å². The summed E-state index contributed by atoms with van der Waals surface area (Å²) in [4.78, 5) is 17.3. The van der Waals surface area contributed by atoms with Gasteiger partial charge in [0, 0.05) is 5.30 Å². The second-order valence-electron chi connectivity index (χ2n) is 1.62. The largest absolute Gasteiger partial charge is 0.347 e. The Hall–Kier alpha value is -0.690. The molecule has 0 radical (unpaired) electrons. The van der Waals surface area contributed by atoms with E-state index in [2.05, 4.69) is 13.2 Å². The Morgan fingerprint density at radius 2 is 1.45 bits per heavy atom. The maximum Gasteiger partial charge on any atom is 0.199 e. The van der Waals surface area contributed by atoms with E-state index in [1.54, 1.807) is 24.3 Å². The minimum Gasteiger partial charge on any atom is -0.347 e. The average Bonchev–Trinajstić information content (AvgIpc) is 2.10. The standard InChI is InChI=1S/C6H7O2P.C2H4/c7-9(8)6-4-2-1-3-5-6;1-2/h1-5,7-8H;1-2H2. The number of hydrogen-bond acceptors (Lipinski definition) is 2. The lowest BCUT2D eigenvalue weighted by atomic mass is 10.4. The van der Waals surface area contributed by atoms with E-state index in [-0.39, 0.29) is 0 Å². The molecule has 0 atom stereocenters. The van der Waals surface area contributed by atoms with Crippen molar-refractivity contribution in [2.75, 3.05) is 0 Å². The molecule has 0 fully saturated rings. The first kappa shape index (κ1) is 10.3. The summed E-state index contributed by atoms with van der Waals surface area (Å²) in [7, 11) is -1.90. The van der Waals surface area contributed by atoms with Crippen LogP contribution in [0, 0.1) is 0 Å². The van der Waals surface area contributed by atoms with Gasteiger partial charge in [-0.3, -0.25) is 0 Å². The normalized spacial score (nSPS) is 8.64. The van der Waals surface area contributed by atoms with Gasteiger partial charge in [-0.15, -0.1) is 13.2 Å². The topological polar surface area (TPSA) is 40.5 Å². The molecule has 0 saturated heterocycles. The minimum absolute atomic E-state index is 0.590. The Morgan fingerprint density at radius 1 is 1.00 bits per heavy atom. The predicted octanol–water partition coefficient (Wildman–Crippen LogP) is 1.41. The SMILES string of the molecule is C=C.OP(O)c1ccccc1.